The van der Waals surface area contributed by atoms with E-state index in [9.17, 15) is 4.79 Å². The van der Waals surface area contributed by atoms with Crippen LogP contribution in [0.5, 0.6) is 0 Å². The number of aromatic amines is 1. The number of aryl methyl sites for hydroxylation is 1. The molecule has 0 saturated carbocycles. The number of nitrogens with zero attached hydrogens (tertiary/aromatic N) is 1. The van der Waals surface area contributed by atoms with Crippen molar-refractivity contribution in [3.05, 3.63) is 66.1 Å². The Bertz CT molecular complexity index is 791. The Kier molecular flexibility index (Phi) is 3.28. The maximum Gasteiger partial charge on any atom is 0.249 e. The molecular weight excluding hydrogens is 262 g/mol. The summed E-state index contributed by atoms with van der Waals surface area (Å²) in [4.78, 5) is 19.0. The van der Waals surface area contributed by atoms with Gasteiger partial charge in [-0.25, -0.2) is 4.98 Å². The standard InChI is InChI=1S/C17H15N3O/c1-11-19-10-16(20-11)13-7-8-14(17(18)21)15(9-13)12-5-3-2-4-6-12/h2-10H,1H3,(H2,18,21)(H,19,20). The number of benzene rings is 2. The second-order valence-corrected chi connectivity index (χ2v) is 4.87. The van der Waals surface area contributed by atoms with E-state index in [2.05, 4.69) is 9.97 Å². The number of rotatable bonds is 3. The van der Waals surface area contributed by atoms with Crippen LogP contribution in [0.4, 0.5) is 0 Å². The van der Waals surface area contributed by atoms with Crippen LogP contribution in [-0.4, -0.2) is 15.9 Å². The third-order valence-corrected chi connectivity index (χ3v) is 3.38. The molecule has 1 heterocycles. The first kappa shape index (κ1) is 13.1. The van der Waals surface area contributed by atoms with Gasteiger partial charge in [0.05, 0.1) is 11.9 Å². The van der Waals surface area contributed by atoms with Crippen molar-refractivity contribution in [2.45, 2.75) is 6.92 Å². The molecule has 3 rings (SSSR count). The van der Waals surface area contributed by atoms with E-state index in [4.69, 9.17) is 5.73 Å². The largest absolute Gasteiger partial charge is 0.366 e. The van der Waals surface area contributed by atoms with Gasteiger partial charge in [0.1, 0.15) is 5.82 Å². The van der Waals surface area contributed by atoms with Crippen molar-refractivity contribution < 1.29 is 4.79 Å². The zero-order chi connectivity index (χ0) is 14.8. The zero-order valence-electron chi connectivity index (χ0n) is 11.6. The fourth-order valence-corrected chi connectivity index (χ4v) is 2.35. The number of imidazole rings is 1. The fourth-order valence-electron chi connectivity index (χ4n) is 2.35. The van der Waals surface area contributed by atoms with E-state index in [1.807, 2.05) is 49.4 Å². The van der Waals surface area contributed by atoms with Gasteiger partial charge < -0.3 is 10.7 Å². The van der Waals surface area contributed by atoms with E-state index in [0.717, 1.165) is 28.2 Å². The van der Waals surface area contributed by atoms with Gasteiger partial charge in [-0.15, -0.1) is 0 Å². The lowest BCUT2D eigenvalue weighted by molar-refractivity contribution is 0.100. The van der Waals surface area contributed by atoms with Crippen LogP contribution in [0.2, 0.25) is 0 Å². The van der Waals surface area contributed by atoms with Crippen molar-refractivity contribution in [1.29, 1.82) is 0 Å². The molecule has 0 aliphatic rings. The smallest absolute Gasteiger partial charge is 0.249 e. The molecule has 0 saturated heterocycles. The third kappa shape index (κ3) is 2.56. The molecule has 1 aromatic heterocycles. The van der Waals surface area contributed by atoms with E-state index < -0.39 is 5.91 Å². The SMILES string of the molecule is Cc1ncc(-c2ccc(C(N)=O)c(-c3ccccc3)c2)[nH]1. The summed E-state index contributed by atoms with van der Waals surface area (Å²) in [5.41, 5.74) is 9.68. The normalized spacial score (nSPS) is 10.5. The van der Waals surface area contributed by atoms with E-state index >= 15 is 0 Å². The molecule has 3 aromatic rings. The van der Waals surface area contributed by atoms with Crippen LogP contribution in [0.1, 0.15) is 16.2 Å². The average molecular weight is 277 g/mol. The topological polar surface area (TPSA) is 71.8 Å². The van der Waals surface area contributed by atoms with E-state index in [0.29, 0.717) is 5.56 Å². The quantitative estimate of drug-likeness (QED) is 0.772. The molecule has 3 N–H and O–H groups in total. The van der Waals surface area contributed by atoms with Gasteiger partial charge in [0.15, 0.2) is 0 Å². The first-order chi connectivity index (χ1) is 10.1. The van der Waals surface area contributed by atoms with Crippen LogP contribution in [0, 0.1) is 6.92 Å². The van der Waals surface area contributed by atoms with Crippen molar-refractivity contribution >= 4 is 5.91 Å². The van der Waals surface area contributed by atoms with E-state index in [1.54, 1.807) is 12.3 Å². The lowest BCUT2D eigenvalue weighted by Crippen LogP contribution is -2.12. The number of H-pyrrole nitrogens is 1. The number of aromatic nitrogens is 2. The highest BCUT2D eigenvalue weighted by Gasteiger charge is 2.12. The minimum Gasteiger partial charge on any atom is -0.366 e. The lowest BCUT2D eigenvalue weighted by atomic mass is 9.96. The van der Waals surface area contributed by atoms with Crippen molar-refractivity contribution in [1.82, 2.24) is 9.97 Å². The summed E-state index contributed by atoms with van der Waals surface area (Å²) in [5.74, 6) is 0.423. The van der Waals surface area contributed by atoms with Crippen molar-refractivity contribution in [2.75, 3.05) is 0 Å². The molecule has 0 bridgehead atoms. The minimum absolute atomic E-state index is 0.429. The number of nitrogens with two attached hydrogens (primary N) is 1. The first-order valence-electron chi connectivity index (χ1n) is 6.66. The molecule has 0 spiro atoms. The molecule has 21 heavy (non-hydrogen) atoms. The Morgan fingerprint density at radius 1 is 1.10 bits per heavy atom. The number of carbonyl (C=O) groups excluding carboxylic acids is 1. The predicted molar refractivity (Wildman–Crippen MR) is 82.7 cm³/mol. The molecule has 104 valence electrons. The van der Waals surface area contributed by atoms with Crippen LogP contribution >= 0.6 is 0 Å². The van der Waals surface area contributed by atoms with Gasteiger partial charge in [-0.1, -0.05) is 36.4 Å². The molecule has 0 unspecified atom stereocenters. The summed E-state index contributed by atoms with van der Waals surface area (Å²) in [7, 11) is 0. The van der Waals surface area contributed by atoms with Gasteiger partial charge in [-0.2, -0.15) is 0 Å². The number of hydrogen-bond donors (Lipinski definition) is 2. The van der Waals surface area contributed by atoms with Crippen LogP contribution in [0.25, 0.3) is 22.4 Å². The number of hydrogen-bond acceptors (Lipinski definition) is 2. The molecule has 0 atom stereocenters. The Morgan fingerprint density at radius 3 is 2.48 bits per heavy atom. The molecule has 4 nitrogen and oxygen atoms in total. The van der Waals surface area contributed by atoms with Gasteiger partial charge in [-0.05, 0) is 30.2 Å². The van der Waals surface area contributed by atoms with Crippen LogP contribution in [-0.2, 0) is 0 Å². The number of primary amides is 1. The average Bonchev–Trinajstić information content (AvgIpc) is 2.94. The highest BCUT2D eigenvalue weighted by Crippen LogP contribution is 2.28. The van der Waals surface area contributed by atoms with Gasteiger partial charge in [-0.3, -0.25) is 4.79 Å². The van der Waals surface area contributed by atoms with Crippen molar-refractivity contribution in [3.8, 4) is 22.4 Å². The molecule has 0 aliphatic heterocycles. The van der Waals surface area contributed by atoms with Crippen LogP contribution in [0.15, 0.2) is 54.7 Å². The summed E-state index contributed by atoms with van der Waals surface area (Å²) in [6, 6.07) is 15.3. The Morgan fingerprint density at radius 2 is 1.86 bits per heavy atom. The zero-order valence-corrected chi connectivity index (χ0v) is 11.6. The summed E-state index contributed by atoms with van der Waals surface area (Å²) in [6.07, 6.45) is 1.78. The lowest BCUT2D eigenvalue weighted by Gasteiger charge is -2.09. The fraction of sp³-hybridized carbons (Fsp3) is 0.0588. The molecule has 0 aliphatic carbocycles. The van der Waals surface area contributed by atoms with Gasteiger partial charge in [0.25, 0.3) is 0 Å². The van der Waals surface area contributed by atoms with E-state index in [1.165, 1.54) is 0 Å². The molecule has 0 radical (unpaired) electrons. The minimum atomic E-state index is -0.429. The first-order valence-corrected chi connectivity index (χ1v) is 6.66. The second-order valence-electron chi connectivity index (χ2n) is 4.87. The maximum absolute atomic E-state index is 11.6. The Hall–Kier alpha value is -2.88. The second kappa shape index (κ2) is 5.25. The van der Waals surface area contributed by atoms with Crippen LogP contribution in [0.3, 0.4) is 0 Å². The molecule has 1 amide bonds. The monoisotopic (exact) mass is 277 g/mol. The van der Waals surface area contributed by atoms with Gasteiger partial charge in [0.2, 0.25) is 5.91 Å². The third-order valence-electron chi connectivity index (χ3n) is 3.38. The van der Waals surface area contributed by atoms with E-state index in [-0.39, 0.29) is 0 Å². The number of carbonyl (C=O) groups is 1. The van der Waals surface area contributed by atoms with Crippen molar-refractivity contribution in [2.24, 2.45) is 5.73 Å². The summed E-state index contributed by atoms with van der Waals surface area (Å²) >= 11 is 0. The number of amides is 1. The van der Waals surface area contributed by atoms with Gasteiger partial charge >= 0.3 is 0 Å². The maximum atomic E-state index is 11.6. The summed E-state index contributed by atoms with van der Waals surface area (Å²) in [6.45, 7) is 1.90. The van der Waals surface area contributed by atoms with Crippen LogP contribution < -0.4 is 5.73 Å². The molecule has 2 aromatic carbocycles. The summed E-state index contributed by atoms with van der Waals surface area (Å²) < 4.78 is 0. The van der Waals surface area contributed by atoms with Gasteiger partial charge in [0, 0.05) is 11.1 Å². The Labute approximate surface area is 122 Å². The molecular formula is C17H15N3O. The number of nitrogens with one attached hydrogen (secondary N) is 1. The molecule has 0 fully saturated rings. The highest BCUT2D eigenvalue weighted by molar-refractivity contribution is 6.00. The predicted octanol–water partition coefficient (Wildman–Crippen LogP) is 3.15. The Balaban J connectivity index is 2.17. The highest BCUT2D eigenvalue weighted by atomic mass is 16.1. The molecule has 4 heteroatoms. The summed E-state index contributed by atoms with van der Waals surface area (Å²) in [5, 5.41) is 0. The van der Waals surface area contributed by atoms with Crippen molar-refractivity contribution in [3.63, 3.8) is 0 Å².